The Labute approximate surface area is 168 Å². The van der Waals surface area contributed by atoms with E-state index in [1.165, 1.54) is 13.3 Å². The van der Waals surface area contributed by atoms with E-state index in [1.54, 1.807) is 12.1 Å². The summed E-state index contributed by atoms with van der Waals surface area (Å²) in [6.45, 7) is 6.23. The number of nitrogens with zero attached hydrogens (tertiary/aromatic N) is 1. The van der Waals surface area contributed by atoms with Gasteiger partial charge in [0.15, 0.2) is 0 Å². The second kappa shape index (κ2) is 10.8. The van der Waals surface area contributed by atoms with Crippen LogP contribution < -0.4 is 0 Å². The summed E-state index contributed by atoms with van der Waals surface area (Å²) in [4.78, 5) is 16.9. The number of alkyl halides is 1. The number of hydrogen-bond donors (Lipinski definition) is 0. The molecule has 0 saturated carbocycles. The third-order valence-electron chi connectivity index (χ3n) is 3.81. The van der Waals surface area contributed by atoms with Crippen molar-refractivity contribution in [2.45, 2.75) is 30.6 Å². The number of hydrogen-bond acceptors (Lipinski definition) is 5. The number of oxime groups is 1. The van der Waals surface area contributed by atoms with Gasteiger partial charge in [0.2, 0.25) is 0 Å². The van der Waals surface area contributed by atoms with Gasteiger partial charge in [-0.2, -0.15) is 0 Å². The maximum absolute atomic E-state index is 12.5. The molecule has 0 spiro atoms. The molecule has 3 atom stereocenters. The predicted molar refractivity (Wildman–Crippen MR) is 109 cm³/mol. The third-order valence-corrected chi connectivity index (χ3v) is 4.33. The van der Waals surface area contributed by atoms with Gasteiger partial charge in [-0.1, -0.05) is 69.1 Å². The van der Waals surface area contributed by atoms with E-state index in [4.69, 9.17) is 14.3 Å². The Bertz CT molecular complexity index is 732. The molecule has 0 bridgehead atoms. The van der Waals surface area contributed by atoms with Crippen molar-refractivity contribution in [2.75, 3.05) is 7.11 Å². The SMILES string of the molecule is [CH2][C@H](Br)[C@H](OC(=O)c1ccc(C)cc1)[C@H](/C=N\OC)OCc1ccccc1. The van der Waals surface area contributed by atoms with Crippen LogP contribution in [0.15, 0.2) is 59.8 Å². The minimum atomic E-state index is -0.693. The average Bonchev–Trinajstić information content (AvgIpc) is 2.67. The van der Waals surface area contributed by atoms with Crippen molar-refractivity contribution < 1.29 is 19.1 Å². The monoisotopic (exact) mass is 432 g/mol. The summed E-state index contributed by atoms with van der Waals surface area (Å²) >= 11 is 3.40. The van der Waals surface area contributed by atoms with Crippen LogP contribution in [0.25, 0.3) is 0 Å². The Hall–Kier alpha value is -2.18. The molecule has 0 fully saturated rings. The van der Waals surface area contributed by atoms with Gasteiger partial charge in [-0.15, -0.1) is 0 Å². The smallest absolute Gasteiger partial charge is 0.338 e. The van der Waals surface area contributed by atoms with Crippen LogP contribution in [-0.4, -0.2) is 36.3 Å². The number of carbonyl (C=O) groups is 1. The largest absolute Gasteiger partial charge is 0.454 e. The van der Waals surface area contributed by atoms with Gasteiger partial charge in [0, 0.05) is 0 Å². The normalized spacial score (nSPS) is 14.5. The molecule has 0 unspecified atom stereocenters. The topological polar surface area (TPSA) is 57.1 Å². The number of ether oxygens (including phenoxy) is 2. The summed E-state index contributed by atoms with van der Waals surface area (Å²) in [5.41, 5.74) is 2.52. The lowest BCUT2D eigenvalue weighted by molar-refractivity contribution is -0.0264. The minimum absolute atomic E-state index is 0.333. The van der Waals surface area contributed by atoms with Gasteiger partial charge in [0.05, 0.1) is 23.2 Å². The van der Waals surface area contributed by atoms with E-state index in [2.05, 4.69) is 28.0 Å². The molecule has 0 heterocycles. The Morgan fingerprint density at radius 3 is 2.44 bits per heavy atom. The summed E-state index contributed by atoms with van der Waals surface area (Å²) in [5.74, 6) is -0.452. The van der Waals surface area contributed by atoms with Crippen molar-refractivity contribution in [2.24, 2.45) is 5.16 Å². The van der Waals surface area contributed by atoms with Crippen LogP contribution in [0.4, 0.5) is 0 Å². The molecule has 1 radical (unpaired) electrons. The second-order valence-corrected chi connectivity index (χ2v) is 7.13. The van der Waals surface area contributed by atoms with Gasteiger partial charge >= 0.3 is 5.97 Å². The van der Waals surface area contributed by atoms with Gasteiger partial charge in [0.25, 0.3) is 0 Å². The van der Waals surface area contributed by atoms with E-state index >= 15 is 0 Å². The highest BCUT2D eigenvalue weighted by molar-refractivity contribution is 9.09. The van der Waals surface area contributed by atoms with Crippen LogP contribution in [0.3, 0.4) is 0 Å². The van der Waals surface area contributed by atoms with Gasteiger partial charge in [-0.3, -0.25) is 0 Å². The van der Waals surface area contributed by atoms with E-state index in [0.29, 0.717) is 12.2 Å². The lowest BCUT2D eigenvalue weighted by Gasteiger charge is -2.26. The van der Waals surface area contributed by atoms with Crippen molar-refractivity contribution in [1.29, 1.82) is 0 Å². The highest BCUT2D eigenvalue weighted by atomic mass is 79.9. The fraction of sp³-hybridized carbons (Fsp3) is 0.286. The molecule has 0 amide bonds. The van der Waals surface area contributed by atoms with Gasteiger partial charge in [-0.25, -0.2) is 4.79 Å². The molecular weight excluding hydrogens is 410 g/mol. The summed E-state index contributed by atoms with van der Waals surface area (Å²) in [5, 5.41) is 3.79. The standard InChI is InChI=1S/C21H23BrNO4/c1-15-9-11-18(12-10-15)21(24)27-20(16(2)22)19(13-23-25-3)26-14-17-7-5-4-6-8-17/h4-13,16,19-20H,2,14H2,1,3H3/b23-13-/t16-,19-,20-/m0/s1. The highest BCUT2D eigenvalue weighted by Crippen LogP contribution is 2.18. The van der Waals surface area contributed by atoms with E-state index < -0.39 is 23.0 Å². The average molecular weight is 433 g/mol. The number of aryl methyl sites for hydroxylation is 1. The van der Waals surface area contributed by atoms with Crippen molar-refractivity contribution in [1.82, 2.24) is 0 Å². The lowest BCUT2D eigenvalue weighted by Crippen LogP contribution is -2.40. The molecule has 2 aromatic rings. The van der Waals surface area contributed by atoms with E-state index in [1.807, 2.05) is 49.4 Å². The molecule has 2 rings (SSSR count). The molecule has 0 aliphatic heterocycles. The zero-order chi connectivity index (χ0) is 19.6. The number of benzene rings is 2. The number of esters is 1. The maximum atomic E-state index is 12.5. The van der Waals surface area contributed by atoms with Gasteiger partial charge < -0.3 is 14.3 Å². The van der Waals surface area contributed by atoms with E-state index in [9.17, 15) is 4.79 Å². The zero-order valence-corrected chi connectivity index (χ0v) is 17.0. The highest BCUT2D eigenvalue weighted by Gasteiger charge is 2.30. The zero-order valence-electron chi connectivity index (χ0n) is 15.4. The quantitative estimate of drug-likeness (QED) is 0.256. The predicted octanol–water partition coefficient (Wildman–Crippen LogP) is 4.34. The van der Waals surface area contributed by atoms with Crippen LogP contribution in [-0.2, 0) is 20.9 Å². The maximum Gasteiger partial charge on any atom is 0.338 e. The third kappa shape index (κ3) is 6.81. The summed E-state index contributed by atoms with van der Waals surface area (Å²) < 4.78 is 11.6. The lowest BCUT2D eigenvalue weighted by atomic mass is 10.1. The number of halogens is 1. The first-order chi connectivity index (χ1) is 13.0. The fourth-order valence-corrected chi connectivity index (χ4v) is 2.75. The van der Waals surface area contributed by atoms with Crippen molar-refractivity contribution in [3.05, 3.63) is 78.2 Å². The molecule has 0 aliphatic rings. The van der Waals surface area contributed by atoms with Crippen molar-refractivity contribution in [3.8, 4) is 0 Å². The van der Waals surface area contributed by atoms with E-state index in [-0.39, 0.29) is 0 Å². The molecule has 143 valence electrons. The first-order valence-electron chi connectivity index (χ1n) is 8.48. The molecule has 0 saturated heterocycles. The molecule has 0 aromatic heterocycles. The summed E-state index contributed by atoms with van der Waals surface area (Å²) in [6, 6.07) is 16.9. The van der Waals surface area contributed by atoms with Crippen LogP contribution in [0.2, 0.25) is 0 Å². The molecule has 0 N–H and O–H groups in total. The Kier molecular flexibility index (Phi) is 8.48. The Morgan fingerprint density at radius 1 is 1.19 bits per heavy atom. The number of carbonyl (C=O) groups excluding carboxylic acids is 1. The first kappa shape index (κ1) is 21.1. The number of rotatable bonds is 9. The van der Waals surface area contributed by atoms with Crippen LogP contribution in [0.1, 0.15) is 21.5 Å². The van der Waals surface area contributed by atoms with Crippen LogP contribution in [0, 0.1) is 13.8 Å². The van der Waals surface area contributed by atoms with E-state index in [0.717, 1.165) is 11.1 Å². The molecule has 6 heteroatoms. The van der Waals surface area contributed by atoms with Crippen molar-refractivity contribution >= 4 is 28.1 Å². The molecule has 5 nitrogen and oxygen atoms in total. The van der Waals surface area contributed by atoms with Crippen LogP contribution >= 0.6 is 15.9 Å². The Balaban J connectivity index is 2.13. The summed E-state index contributed by atoms with van der Waals surface area (Å²) in [6.07, 6.45) is 0.137. The molecule has 0 aliphatic carbocycles. The molecular formula is C21H23BrNO4. The van der Waals surface area contributed by atoms with Crippen LogP contribution in [0.5, 0.6) is 0 Å². The molecule has 2 aromatic carbocycles. The summed E-state index contributed by atoms with van der Waals surface area (Å²) in [7, 11) is 1.44. The Morgan fingerprint density at radius 2 is 1.85 bits per heavy atom. The minimum Gasteiger partial charge on any atom is -0.454 e. The first-order valence-corrected chi connectivity index (χ1v) is 9.40. The second-order valence-electron chi connectivity index (χ2n) is 5.95. The van der Waals surface area contributed by atoms with Gasteiger partial charge in [0.1, 0.15) is 19.3 Å². The van der Waals surface area contributed by atoms with Gasteiger partial charge in [-0.05, 0) is 31.5 Å². The van der Waals surface area contributed by atoms with Crippen molar-refractivity contribution in [3.63, 3.8) is 0 Å². The molecule has 27 heavy (non-hydrogen) atoms. The fourth-order valence-electron chi connectivity index (χ4n) is 2.34.